The maximum atomic E-state index is 10.7. The molecule has 0 atom stereocenters. The van der Waals surface area contributed by atoms with Gasteiger partial charge in [-0.15, -0.1) is 0 Å². The van der Waals surface area contributed by atoms with Crippen molar-refractivity contribution < 1.29 is 22.8 Å². The van der Waals surface area contributed by atoms with Crippen LogP contribution in [-0.4, -0.2) is 50.1 Å². The summed E-state index contributed by atoms with van der Waals surface area (Å²) in [5, 5.41) is 20.8. The van der Waals surface area contributed by atoms with Crippen LogP contribution >= 0.6 is 0 Å². The monoisotopic (exact) mass is 458 g/mol. The molecular formula is C6H6N2O7PbS. The Kier molecular flexibility index (Phi) is 5.09. The molecule has 0 spiro atoms. The molecule has 0 aliphatic heterocycles. The maximum absolute atomic E-state index is 10.7. The SMILES string of the molecule is O=[N+]([O-])c1ccc(S(=O)(=O)O)c([N+](=O)[O-])c1.[PbH2]. The molecule has 0 bridgehead atoms. The van der Waals surface area contributed by atoms with Crippen LogP contribution in [0.15, 0.2) is 23.1 Å². The minimum atomic E-state index is -4.79. The summed E-state index contributed by atoms with van der Waals surface area (Å²) in [5.74, 6) is 0. The fraction of sp³-hybridized carbons (Fsp3) is 0. The van der Waals surface area contributed by atoms with Crippen molar-refractivity contribution in [2.45, 2.75) is 4.90 Å². The van der Waals surface area contributed by atoms with Gasteiger partial charge in [0.1, 0.15) is 0 Å². The molecule has 1 N–H and O–H groups in total. The second kappa shape index (κ2) is 5.46. The zero-order valence-corrected chi connectivity index (χ0v) is 14.5. The zero-order chi connectivity index (χ0) is 12.5. The molecule has 1 rings (SSSR count). The van der Waals surface area contributed by atoms with Gasteiger partial charge >= 0.3 is 37.4 Å². The first-order valence-corrected chi connectivity index (χ1v) is 5.08. The number of benzene rings is 1. The molecule has 11 heteroatoms. The number of hydrogen-bond acceptors (Lipinski definition) is 6. The summed E-state index contributed by atoms with van der Waals surface area (Å²) < 4.78 is 30.1. The summed E-state index contributed by atoms with van der Waals surface area (Å²) in [6, 6.07) is 1.81. The molecule has 0 aliphatic carbocycles. The van der Waals surface area contributed by atoms with E-state index in [1.165, 1.54) is 0 Å². The number of non-ortho nitro benzene ring substituents is 1. The molecule has 0 aromatic heterocycles. The van der Waals surface area contributed by atoms with E-state index in [-0.39, 0.29) is 27.3 Å². The quantitative estimate of drug-likeness (QED) is 0.288. The summed E-state index contributed by atoms with van der Waals surface area (Å²) >= 11 is 0. The molecule has 1 aromatic carbocycles. The van der Waals surface area contributed by atoms with Crippen molar-refractivity contribution >= 4 is 48.8 Å². The van der Waals surface area contributed by atoms with E-state index in [4.69, 9.17) is 4.55 Å². The summed E-state index contributed by atoms with van der Waals surface area (Å²) in [7, 11) is -4.79. The van der Waals surface area contributed by atoms with Crippen LogP contribution in [0.25, 0.3) is 0 Å². The van der Waals surface area contributed by atoms with Crippen molar-refractivity contribution in [1.29, 1.82) is 0 Å². The molecule has 0 unspecified atom stereocenters. The van der Waals surface area contributed by atoms with Gasteiger partial charge < -0.3 is 0 Å². The van der Waals surface area contributed by atoms with Gasteiger partial charge in [0.15, 0.2) is 4.90 Å². The summed E-state index contributed by atoms with van der Waals surface area (Å²) in [6.07, 6.45) is 0. The van der Waals surface area contributed by atoms with Crippen molar-refractivity contribution in [1.82, 2.24) is 0 Å². The van der Waals surface area contributed by atoms with Crippen LogP contribution in [0.2, 0.25) is 0 Å². The van der Waals surface area contributed by atoms with Crippen LogP contribution in [0.1, 0.15) is 0 Å². The average Bonchev–Trinajstić information content (AvgIpc) is 2.15. The van der Waals surface area contributed by atoms with Crippen LogP contribution in [-0.2, 0) is 10.1 Å². The number of hydrogen-bond donors (Lipinski definition) is 1. The first-order valence-electron chi connectivity index (χ1n) is 3.64. The van der Waals surface area contributed by atoms with Crippen molar-refractivity contribution in [3.63, 3.8) is 0 Å². The van der Waals surface area contributed by atoms with E-state index in [1.807, 2.05) is 0 Å². The fourth-order valence-corrected chi connectivity index (χ4v) is 1.62. The molecule has 0 fully saturated rings. The Morgan fingerprint density at radius 2 is 1.65 bits per heavy atom. The molecule has 17 heavy (non-hydrogen) atoms. The van der Waals surface area contributed by atoms with Gasteiger partial charge in [0, 0.05) is 6.07 Å². The van der Waals surface area contributed by atoms with E-state index in [0.717, 1.165) is 6.07 Å². The molecule has 0 heterocycles. The molecule has 2 radical (unpaired) electrons. The Morgan fingerprint density at radius 1 is 1.12 bits per heavy atom. The van der Waals surface area contributed by atoms with Gasteiger partial charge in [-0.1, -0.05) is 0 Å². The van der Waals surface area contributed by atoms with E-state index in [0.29, 0.717) is 12.1 Å². The van der Waals surface area contributed by atoms with Crippen LogP contribution in [0.3, 0.4) is 0 Å². The zero-order valence-electron chi connectivity index (χ0n) is 8.14. The van der Waals surface area contributed by atoms with Gasteiger partial charge in [0.25, 0.3) is 11.4 Å². The Labute approximate surface area is 115 Å². The third-order valence-electron chi connectivity index (χ3n) is 1.63. The topological polar surface area (TPSA) is 141 Å². The number of nitro groups is 2. The minimum absolute atomic E-state index is 0. The van der Waals surface area contributed by atoms with Crippen LogP contribution in [0.5, 0.6) is 0 Å². The van der Waals surface area contributed by atoms with Crippen LogP contribution in [0, 0.1) is 20.2 Å². The van der Waals surface area contributed by atoms with Crippen molar-refractivity contribution in [3.8, 4) is 0 Å². The predicted molar refractivity (Wildman–Crippen MR) is 58.1 cm³/mol. The molecule has 0 saturated carbocycles. The summed E-state index contributed by atoms with van der Waals surface area (Å²) in [4.78, 5) is 17.7. The molecule has 0 aliphatic rings. The van der Waals surface area contributed by atoms with Gasteiger partial charge in [0.2, 0.25) is 0 Å². The Hall–Kier alpha value is -1.15. The van der Waals surface area contributed by atoms with Gasteiger partial charge in [-0.3, -0.25) is 24.8 Å². The van der Waals surface area contributed by atoms with E-state index in [9.17, 15) is 28.6 Å². The van der Waals surface area contributed by atoms with Crippen LogP contribution in [0.4, 0.5) is 11.4 Å². The summed E-state index contributed by atoms with van der Waals surface area (Å²) in [6.45, 7) is 0. The van der Waals surface area contributed by atoms with Crippen LogP contribution < -0.4 is 0 Å². The average molecular weight is 457 g/mol. The molecule has 1 aromatic rings. The third-order valence-corrected chi connectivity index (χ3v) is 2.53. The molecule has 92 valence electrons. The normalized spacial score (nSPS) is 10.4. The van der Waals surface area contributed by atoms with E-state index >= 15 is 0 Å². The summed E-state index contributed by atoms with van der Waals surface area (Å²) in [5.41, 5.74) is -1.68. The van der Waals surface area contributed by atoms with E-state index in [1.54, 1.807) is 0 Å². The Bertz CT molecular complexity index is 570. The second-order valence-electron chi connectivity index (χ2n) is 2.64. The number of nitrogens with zero attached hydrogens (tertiary/aromatic N) is 2. The molecule has 0 amide bonds. The van der Waals surface area contributed by atoms with Gasteiger partial charge in [0.05, 0.1) is 15.9 Å². The number of rotatable bonds is 3. The first kappa shape index (κ1) is 15.9. The Balaban J connectivity index is 0.00000256. The molecule has 9 nitrogen and oxygen atoms in total. The van der Waals surface area contributed by atoms with Gasteiger partial charge in [-0.05, 0) is 6.07 Å². The second-order valence-corrected chi connectivity index (χ2v) is 4.03. The Morgan fingerprint density at radius 3 is 2.00 bits per heavy atom. The van der Waals surface area contributed by atoms with Crippen molar-refractivity contribution in [2.75, 3.05) is 0 Å². The van der Waals surface area contributed by atoms with Gasteiger partial charge in [-0.2, -0.15) is 8.42 Å². The van der Waals surface area contributed by atoms with E-state index < -0.39 is 36.2 Å². The third kappa shape index (κ3) is 3.67. The molecule has 0 saturated heterocycles. The first-order chi connectivity index (χ1) is 7.23. The number of nitro benzene ring substituents is 2. The van der Waals surface area contributed by atoms with Crippen molar-refractivity contribution in [3.05, 3.63) is 38.4 Å². The van der Waals surface area contributed by atoms with Gasteiger partial charge in [-0.25, -0.2) is 0 Å². The fourth-order valence-electron chi connectivity index (χ4n) is 0.980. The van der Waals surface area contributed by atoms with E-state index in [2.05, 4.69) is 0 Å². The predicted octanol–water partition coefficient (Wildman–Crippen LogP) is -0.167. The standard InChI is InChI=1S/C6H4N2O7S.Pb.2H/c9-7(10)4-1-2-6(16(13,14)15)5(3-4)8(11)12;;;/h1-3H,(H,13,14,15);;;. The molecular weight excluding hydrogens is 451 g/mol. The van der Waals surface area contributed by atoms with Crippen molar-refractivity contribution in [2.24, 2.45) is 0 Å².